The van der Waals surface area contributed by atoms with Crippen LogP contribution in [0.25, 0.3) is 22.4 Å². The summed E-state index contributed by atoms with van der Waals surface area (Å²) in [5.41, 5.74) is 2.96. The summed E-state index contributed by atoms with van der Waals surface area (Å²) in [5, 5.41) is 11.9. The third kappa shape index (κ3) is 3.61. The number of fused-ring (bicyclic) bond motifs is 1. The van der Waals surface area contributed by atoms with E-state index in [1.54, 1.807) is 0 Å². The van der Waals surface area contributed by atoms with Gasteiger partial charge in [-0.15, -0.1) is 0 Å². The van der Waals surface area contributed by atoms with Crippen LogP contribution in [-0.2, 0) is 11.3 Å². The molecular weight excluding hydrogens is 316 g/mol. The van der Waals surface area contributed by atoms with Gasteiger partial charge in [0.25, 0.3) is 0 Å². The highest BCUT2D eigenvalue weighted by atomic mass is 16.5. The Morgan fingerprint density at radius 2 is 2.12 bits per heavy atom. The lowest BCUT2D eigenvalue weighted by molar-refractivity contribution is 0.0203. The van der Waals surface area contributed by atoms with Crippen LogP contribution in [0.4, 0.5) is 0 Å². The normalized spacial score (nSPS) is 17.2. The van der Waals surface area contributed by atoms with Gasteiger partial charge < -0.3 is 14.5 Å². The van der Waals surface area contributed by atoms with Crippen molar-refractivity contribution < 1.29 is 9.15 Å². The molecule has 2 N–H and O–H groups in total. The highest BCUT2D eigenvalue weighted by molar-refractivity contribution is 5.82. The summed E-state index contributed by atoms with van der Waals surface area (Å²) in [6.45, 7) is 7.65. The highest BCUT2D eigenvalue weighted by Crippen LogP contribution is 2.28. The Labute approximate surface area is 147 Å². The van der Waals surface area contributed by atoms with Crippen LogP contribution in [0.15, 0.2) is 40.9 Å². The second kappa shape index (κ2) is 7.39. The quantitative estimate of drug-likeness (QED) is 0.722. The summed E-state index contributed by atoms with van der Waals surface area (Å²) in [4.78, 5) is 2.46. The largest absolute Gasteiger partial charge is 0.454 e. The van der Waals surface area contributed by atoms with Gasteiger partial charge in [0.2, 0.25) is 0 Å². The number of nitrogens with zero attached hydrogens (tertiary/aromatic N) is 2. The molecule has 1 aliphatic rings. The molecular formula is C19H24N4O2. The summed E-state index contributed by atoms with van der Waals surface area (Å²) in [7, 11) is 0. The van der Waals surface area contributed by atoms with E-state index in [4.69, 9.17) is 9.15 Å². The fourth-order valence-corrected chi connectivity index (χ4v) is 3.33. The van der Waals surface area contributed by atoms with Gasteiger partial charge in [0.15, 0.2) is 5.76 Å². The zero-order valence-corrected chi connectivity index (χ0v) is 14.5. The van der Waals surface area contributed by atoms with E-state index < -0.39 is 0 Å². The molecule has 1 atom stereocenters. The van der Waals surface area contributed by atoms with E-state index in [2.05, 4.69) is 39.5 Å². The molecule has 1 saturated heterocycles. The summed E-state index contributed by atoms with van der Waals surface area (Å²) in [6, 6.07) is 10.6. The summed E-state index contributed by atoms with van der Waals surface area (Å²) >= 11 is 0. The molecule has 1 aromatic carbocycles. The number of nitrogens with one attached hydrogen (secondary N) is 2. The number of aromatic amines is 1. The van der Waals surface area contributed by atoms with Crippen molar-refractivity contribution in [3.05, 3.63) is 42.1 Å². The molecule has 4 rings (SSSR count). The van der Waals surface area contributed by atoms with Crippen molar-refractivity contribution in [3.63, 3.8) is 0 Å². The molecule has 0 spiro atoms. The second-order valence-corrected chi connectivity index (χ2v) is 6.55. The van der Waals surface area contributed by atoms with Gasteiger partial charge in [0, 0.05) is 43.2 Å². The number of hydrogen-bond donors (Lipinski definition) is 2. The van der Waals surface area contributed by atoms with Gasteiger partial charge >= 0.3 is 0 Å². The van der Waals surface area contributed by atoms with Crippen LogP contribution in [-0.4, -0.2) is 54.0 Å². The maximum atomic E-state index is 5.95. The Balaban J connectivity index is 1.39. The van der Waals surface area contributed by atoms with Gasteiger partial charge in [-0.05, 0) is 19.1 Å². The monoisotopic (exact) mass is 340 g/mol. The Kier molecular flexibility index (Phi) is 4.83. The van der Waals surface area contributed by atoms with Crippen LogP contribution in [0.2, 0.25) is 0 Å². The van der Waals surface area contributed by atoms with Crippen molar-refractivity contribution >= 4 is 11.0 Å². The molecule has 0 amide bonds. The van der Waals surface area contributed by atoms with E-state index >= 15 is 0 Å². The van der Waals surface area contributed by atoms with Gasteiger partial charge in [-0.2, -0.15) is 5.10 Å². The molecule has 6 nitrogen and oxygen atoms in total. The van der Waals surface area contributed by atoms with Gasteiger partial charge in [0.1, 0.15) is 11.3 Å². The van der Waals surface area contributed by atoms with Crippen LogP contribution in [0.1, 0.15) is 12.5 Å². The van der Waals surface area contributed by atoms with E-state index in [1.165, 1.54) is 0 Å². The number of hydrogen-bond acceptors (Lipinski definition) is 5. The number of para-hydroxylation sites is 1. The van der Waals surface area contributed by atoms with E-state index in [0.29, 0.717) is 6.04 Å². The number of benzene rings is 1. The lowest BCUT2D eigenvalue weighted by Crippen LogP contribution is -2.46. The predicted molar refractivity (Wildman–Crippen MR) is 97.4 cm³/mol. The number of ether oxygens (including phenoxy) is 1. The molecule has 1 aliphatic heterocycles. The number of morpholine rings is 1. The summed E-state index contributed by atoms with van der Waals surface area (Å²) in [6.07, 6.45) is 1.87. The first-order valence-electron chi connectivity index (χ1n) is 8.85. The first kappa shape index (κ1) is 16.3. The topological polar surface area (TPSA) is 66.3 Å². The van der Waals surface area contributed by atoms with Crippen LogP contribution < -0.4 is 5.32 Å². The third-order valence-electron chi connectivity index (χ3n) is 4.81. The summed E-state index contributed by atoms with van der Waals surface area (Å²) in [5.74, 6) is 0.830. The number of aromatic nitrogens is 2. The van der Waals surface area contributed by atoms with E-state index in [-0.39, 0.29) is 0 Å². The average molecular weight is 340 g/mol. The zero-order chi connectivity index (χ0) is 17.1. The maximum absolute atomic E-state index is 5.95. The minimum absolute atomic E-state index is 0.491. The minimum atomic E-state index is 0.491. The van der Waals surface area contributed by atoms with Gasteiger partial charge in [-0.1, -0.05) is 18.2 Å². The first-order valence-corrected chi connectivity index (χ1v) is 8.85. The molecule has 0 aliphatic carbocycles. The van der Waals surface area contributed by atoms with Crippen molar-refractivity contribution in [2.45, 2.75) is 19.5 Å². The predicted octanol–water partition coefficient (Wildman–Crippen LogP) is 2.63. The zero-order valence-electron chi connectivity index (χ0n) is 14.5. The minimum Gasteiger partial charge on any atom is -0.454 e. The van der Waals surface area contributed by atoms with Crippen molar-refractivity contribution in [2.24, 2.45) is 0 Å². The molecule has 2 aromatic heterocycles. The fourth-order valence-electron chi connectivity index (χ4n) is 3.33. The lowest BCUT2D eigenvalue weighted by Gasteiger charge is -2.32. The molecule has 3 heterocycles. The third-order valence-corrected chi connectivity index (χ3v) is 4.81. The molecule has 0 saturated carbocycles. The van der Waals surface area contributed by atoms with Crippen molar-refractivity contribution in [1.29, 1.82) is 0 Å². The summed E-state index contributed by atoms with van der Waals surface area (Å²) < 4.78 is 11.4. The van der Waals surface area contributed by atoms with Crippen LogP contribution >= 0.6 is 0 Å². The molecule has 3 aromatic rings. The van der Waals surface area contributed by atoms with Crippen LogP contribution in [0.5, 0.6) is 0 Å². The molecule has 25 heavy (non-hydrogen) atoms. The van der Waals surface area contributed by atoms with Crippen molar-refractivity contribution in [1.82, 2.24) is 20.4 Å². The van der Waals surface area contributed by atoms with E-state index in [1.807, 2.05) is 24.4 Å². The van der Waals surface area contributed by atoms with Gasteiger partial charge in [-0.25, -0.2) is 0 Å². The van der Waals surface area contributed by atoms with Crippen molar-refractivity contribution in [2.75, 3.05) is 32.8 Å². The molecule has 0 bridgehead atoms. The fraction of sp³-hybridized carbons (Fsp3) is 0.421. The molecule has 6 heteroatoms. The van der Waals surface area contributed by atoms with E-state index in [9.17, 15) is 0 Å². The van der Waals surface area contributed by atoms with Gasteiger partial charge in [-0.3, -0.25) is 10.00 Å². The number of furan rings is 1. The number of rotatable bonds is 6. The highest BCUT2D eigenvalue weighted by Gasteiger charge is 2.17. The Hall–Kier alpha value is -2.15. The molecule has 1 fully saturated rings. The molecule has 132 valence electrons. The number of H-pyrrole nitrogens is 1. The lowest BCUT2D eigenvalue weighted by atomic mass is 10.2. The second-order valence-electron chi connectivity index (χ2n) is 6.55. The standard InChI is InChI=1S/C19H24N4O2/c1-14(23-6-8-24-9-7-23)11-20-12-16-13-21-22-19(16)18-10-15-4-2-3-5-17(15)25-18/h2-5,10,13-14,20H,6-9,11-12H2,1H3,(H,21,22). The Morgan fingerprint density at radius 3 is 2.96 bits per heavy atom. The van der Waals surface area contributed by atoms with Gasteiger partial charge in [0.05, 0.1) is 19.4 Å². The van der Waals surface area contributed by atoms with Crippen LogP contribution in [0, 0.1) is 0 Å². The molecule has 1 unspecified atom stereocenters. The Bertz CT molecular complexity index is 787. The first-order chi connectivity index (χ1) is 12.3. The smallest absolute Gasteiger partial charge is 0.153 e. The van der Waals surface area contributed by atoms with Crippen molar-refractivity contribution in [3.8, 4) is 11.5 Å². The molecule has 0 radical (unpaired) electrons. The Morgan fingerprint density at radius 1 is 1.28 bits per heavy atom. The van der Waals surface area contributed by atoms with Crippen LogP contribution in [0.3, 0.4) is 0 Å². The maximum Gasteiger partial charge on any atom is 0.153 e. The average Bonchev–Trinajstić information content (AvgIpc) is 3.28. The SMILES string of the molecule is CC(CNCc1cn[nH]c1-c1cc2ccccc2o1)N1CCOCC1. The van der Waals surface area contributed by atoms with E-state index in [0.717, 1.165) is 67.4 Å².